The highest BCUT2D eigenvalue weighted by Crippen LogP contribution is 2.20. The number of aromatic nitrogens is 1. The lowest BCUT2D eigenvalue weighted by atomic mass is 9.97. The van der Waals surface area contributed by atoms with Gasteiger partial charge in [0.25, 0.3) is 0 Å². The summed E-state index contributed by atoms with van der Waals surface area (Å²) in [5, 5.41) is 4.44. The molecular formula is C20H27FN4O2. The monoisotopic (exact) mass is 374 g/mol. The molecule has 0 unspecified atom stereocenters. The standard InChI is InChI=1S/C20H27FN4O2/c1-3-27-19(26)14-7-10-25(11-8-14)20(22-2)23-9-6-15-13-24-18-12-16(21)4-5-17(15)18/h4-5,12-14,24H,3,6-11H2,1-2H3,(H,22,23). The molecule has 1 aromatic heterocycles. The minimum absolute atomic E-state index is 0.00841. The molecule has 7 heteroatoms. The van der Waals surface area contributed by atoms with E-state index < -0.39 is 0 Å². The molecule has 2 aromatic rings. The highest BCUT2D eigenvalue weighted by molar-refractivity contribution is 5.83. The van der Waals surface area contributed by atoms with Gasteiger partial charge in [-0.25, -0.2) is 4.39 Å². The van der Waals surface area contributed by atoms with Crippen LogP contribution >= 0.6 is 0 Å². The number of piperidine rings is 1. The molecule has 146 valence electrons. The number of halogens is 1. The van der Waals surface area contributed by atoms with Crippen LogP contribution < -0.4 is 5.32 Å². The summed E-state index contributed by atoms with van der Waals surface area (Å²) >= 11 is 0. The van der Waals surface area contributed by atoms with E-state index in [1.807, 2.05) is 19.2 Å². The van der Waals surface area contributed by atoms with Crippen LogP contribution in [-0.2, 0) is 16.0 Å². The summed E-state index contributed by atoms with van der Waals surface area (Å²) < 4.78 is 18.4. The Hall–Kier alpha value is -2.57. The summed E-state index contributed by atoms with van der Waals surface area (Å²) in [7, 11) is 1.77. The van der Waals surface area contributed by atoms with Crippen molar-refractivity contribution in [3.05, 3.63) is 35.8 Å². The third-order valence-corrected chi connectivity index (χ3v) is 5.03. The van der Waals surface area contributed by atoms with Crippen molar-refractivity contribution in [3.63, 3.8) is 0 Å². The number of rotatable bonds is 5. The van der Waals surface area contributed by atoms with Crippen molar-refractivity contribution >= 4 is 22.8 Å². The van der Waals surface area contributed by atoms with E-state index in [4.69, 9.17) is 4.74 Å². The first kappa shape index (κ1) is 19.2. The Bertz CT molecular complexity index is 809. The first-order valence-corrected chi connectivity index (χ1v) is 9.50. The van der Waals surface area contributed by atoms with Gasteiger partial charge in [0.2, 0.25) is 0 Å². The fourth-order valence-electron chi connectivity index (χ4n) is 3.59. The summed E-state index contributed by atoms with van der Waals surface area (Å²) in [6.07, 6.45) is 4.31. The third-order valence-electron chi connectivity index (χ3n) is 5.03. The Morgan fingerprint density at radius 2 is 2.19 bits per heavy atom. The van der Waals surface area contributed by atoms with Gasteiger partial charge in [-0.2, -0.15) is 0 Å². The zero-order valence-corrected chi connectivity index (χ0v) is 15.9. The van der Waals surface area contributed by atoms with E-state index in [0.717, 1.165) is 61.3 Å². The van der Waals surface area contributed by atoms with Gasteiger partial charge in [0, 0.05) is 43.8 Å². The molecule has 1 aliphatic rings. The number of nitrogens with one attached hydrogen (secondary N) is 2. The molecule has 0 spiro atoms. The van der Waals surface area contributed by atoms with Gasteiger partial charge in [0.15, 0.2) is 5.96 Å². The fourth-order valence-corrected chi connectivity index (χ4v) is 3.59. The Labute approximate surface area is 158 Å². The van der Waals surface area contributed by atoms with E-state index in [0.29, 0.717) is 6.61 Å². The van der Waals surface area contributed by atoms with E-state index in [-0.39, 0.29) is 17.7 Å². The van der Waals surface area contributed by atoms with Crippen molar-refractivity contribution in [2.24, 2.45) is 10.9 Å². The normalized spacial score (nSPS) is 16.0. The van der Waals surface area contributed by atoms with Crippen molar-refractivity contribution in [1.29, 1.82) is 0 Å². The van der Waals surface area contributed by atoms with Crippen molar-refractivity contribution < 1.29 is 13.9 Å². The quantitative estimate of drug-likeness (QED) is 0.480. The topological polar surface area (TPSA) is 69.7 Å². The number of likely N-dealkylation sites (tertiary alicyclic amines) is 1. The lowest BCUT2D eigenvalue weighted by molar-refractivity contribution is -0.149. The number of aromatic amines is 1. The van der Waals surface area contributed by atoms with Crippen LogP contribution in [0.1, 0.15) is 25.3 Å². The first-order valence-electron chi connectivity index (χ1n) is 9.50. The summed E-state index contributed by atoms with van der Waals surface area (Å²) in [5.74, 6) is 0.519. The number of aliphatic imine (C=N–C) groups is 1. The smallest absolute Gasteiger partial charge is 0.309 e. The molecular weight excluding hydrogens is 347 g/mol. The molecule has 1 saturated heterocycles. The molecule has 0 amide bonds. The third kappa shape index (κ3) is 4.59. The Balaban J connectivity index is 1.50. The number of carbonyl (C=O) groups is 1. The van der Waals surface area contributed by atoms with Crippen molar-refractivity contribution in [3.8, 4) is 0 Å². The molecule has 1 aromatic carbocycles. The minimum atomic E-state index is -0.236. The zero-order valence-electron chi connectivity index (χ0n) is 15.9. The number of nitrogens with zero attached hydrogens (tertiary/aromatic N) is 2. The van der Waals surface area contributed by atoms with Gasteiger partial charge in [-0.15, -0.1) is 0 Å². The average molecular weight is 374 g/mol. The summed E-state index contributed by atoms with van der Waals surface area (Å²) in [6.45, 7) is 4.57. The SMILES string of the molecule is CCOC(=O)C1CCN(C(=NC)NCCc2c[nH]c3cc(F)ccc23)CC1. The highest BCUT2D eigenvalue weighted by Gasteiger charge is 2.27. The number of H-pyrrole nitrogens is 1. The lowest BCUT2D eigenvalue weighted by Gasteiger charge is -2.33. The molecule has 1 fully saturated rings. The highest BCUT2D eigenvalue weighted by atomic mass is 19.1. The number of esters is 1. The van der Waals surface area contributed by atoms with Crippen LogP contribution in [0.4, 0.5) is 4.39 Å². The number of hydrogen-bond acceptors (Lipinski definition) is 3. The number of guanidine groups is 1. The number of fused-ring (bicyclic) bond motifs is 1. The van der Waals surface area contributed by atoms with Crippen LogP contribution in [0.5, 0.6) is 0 Å². The maximum atomic E-state index is 13.3. The number of ether oxygens (including phenoxy) is 1. The largest absolute Gasteiger partial charge is 0.466 e. The van der Waals surface area contributed by atoms with E-state index in [9.17, 15) is 9.18 Å². The van der Waals surface area contributed by atoms with Crippen LogP contribution in [0, 0.1) is 11.7 Å². The predicted molar refractivity (Wildman–Crippen MR) is 104 cm³/mol. The number of carbonyl (C=O) groups excluding carboxylic acids is 1. The molecule has 2 heterocycles. The molecule has 1 aliphatic heterocycles. The average Bonchev–Trinajstić information content (AvgIpc) is 3.07. The van der Waals surface area contributed by atoms with E-state index in [1.165, 1.54) is 12.1 Å². The van der Waals surface area contributed by atoms with Gasteiger partial charge in [0.05, 0.1) is 12.5 Å². The molecule has 0 atom stereocenters. The second-order valence-electron chi connectivity index (χ2n) is 6.74. The summed E-state index contributed by atoms with van der Waals surface area (Å²) in [4.78, 5) is 21.5. The van der Waals surface area contributed by atoms with Gasteiger partial charge < -0.3 is 19.9 Å². The Kier molecular flexibility index (Phi) is 6.32. The van der Waals surface area contributed by atoms with Gasteiger partial charge in [-0.05, 0) is 49.9 Å². The first-order chi connectivity index (χ1) is 13.1. The number of benzene rings is 1. The van der Waals surface area contributed by atoms with Gasteiger partial charge >= 0.3 is 5.97 Å². The van der Waals surface area contributed by atoms with Crippen LogP contribution in [0.25, 0.3) is 10.9 Å². The minimum Gasteiger partial charge on any atom is -0.466 e. The summed E-state index contributed by atoms with van der Waals surface area (Å²) in [5.41, 5.74) is 1.96. The molecule has 0 aliphatic carbocycles. The molecule has 0 bridgehead atoms. The van der Waals surface area contributed by atoms with E-state index in [2.05, 4.69) is 20.2 Å². The van der Waals surface area contributed by atoms with Gasteiger partial charge in [-0.3, -0.25) is 9.79 Å². The molecule has 6 nitrogen and oxygen atoms in total. The van der Waals surface area contributed by atoms with Gasteiger partial charge in [-0.1, -0.05) is 0 Å². The second-order valence-corrected chi connectivity index (χ2v) is 6.74. The maximum Gasteiger partial charge on any atom is 0.309 e. The second kappa shape index (κ2) is 8.88. The van der Waals surface area contributed by atoms with Crippen LogP contribution in [0.3, 0.4) is 0 Å². The van der Waals surface area contributed by atoms with Crippen LogP contribution in [-0.4, -0.2) is 55.1 Å². The maximum absolute atomic E-state index is 13.3. The van der Waals surface area contributed by atoms with Crippen molar-refractivity contribution in [1.82, 2.24) is 15.2 Å². The Morgan fingerprint density at radius 3 is 2.89 bits per heavy atom. The molecule has 2 N–H and O–H groups in total. The van der Waals surface area contributed by atoms with Crippen molar-refractivity contribution in [2.45, 2.75) is 26.2 Å². The molecule has 0 saturated carbocycles. The van der Waals surface area contributed by atoms with E-state index in [1.54, 1.807) is 7.05 Å². The summed E-state index contributed by atoms with van der Waals surface area (Å²) in [6, 6.07) is 4.81. The van der Waals surface area contributed by atoms with Crippen LogP contribution in [0.15, 0.2) is 29.4 Å². The van der Waals surface area contributed by atoms with Gasteiger partial charge in [0.1, 0.15) is 5.82 Å². The zero-order chi connectivity index (χ0) is 19.2. The predicted octanol–water partition coefficient (Wildman–Crippen LogP) is 2.70. The van der Waals surface area contributed by atoms with Crippen molar-refractivity contribution in [2.75, 3.05) is 33.3 Å². The van der Waals surface area contributed by atoms with E-state index >= 15 is 0 Å². The molecule has 0 radical (unpaired) electrons. The Morgan fingerprint density at radius 1 is 1.41 bits per heavy atom. The lowest BCUT2D eigenvalue weighted by Crippen LogP contribution is -2.47. The number of hydrogen-bond donors (Lipinski definition) is 2. The molecule has 3 rings (SSSR count). The molecule has 27 heavy (non-hydrogen) atoms. The fraction of sp³-hybridized carbons (Fsp3) is 0.500. The van der Waals surface area contributed by atoms with Crippen LogP contribution in [0.2, 0.25) is 0 Å².